The SMILES string of the molecule is CCOC(=O)c1c(NC(=O)C(F)(F)C(F)(F)C(F)(F)C(F)(F)C(F)(F)C(F)(F)F)sc2ccccc12. The summed E-state index contributed by atoms with van der Waals surface area (Å²) < 4.78 is 177. The molecule has 0 radical (unpaired) electrons. The van der Waals surface area contributed by atoms with Crippen LogP contribution in [0, 0.1) is 0 Å². The lowest BCUT2D eigenvalue weighted by Crippen LogP contribution is -2.71. The summed E-state index contributed by atoms with van der Waals surface area (Å²) >= 11 is 0.238. The Kier molecular flexibility index (Phi) is 7.32. The number of nitrogens with one attached hydrogen (secondary N) is 1. The highest BCUT2D eigenvalue weighted by Crippen LogP contribution is 2.60. The first-order valence-electron chi connectivity index (χ1n) is 9.05. The normalized spacial score (nSPS) is 14.2. The molecule has 1 amide bonds. The molecule has 4 nitrogen and oxygen atoms in total. The Labute approximate surface area is 195 Å². The molecule has 0 saturated heterocycles. The monoisotopic (exact) mass is 567 g/mol. The number of hydrogen-bond donors (Lipinski definition) is 1. The number of fused-ring (bicyclic) bond motifs is 1. The molecule has 0 unspecified atom stereocenters. The number of carbonyl (C=O) groups excluding carboxylic acids is 2. The quantitative estimate of drug-likeness (QED) is 0.284. The molecule has 1 heterocycles. The number of alkyl halides is 13. The van der Waals surface area contributed by atoms with Gasteiger partial charge in [0, 0.05) is 10.1 Å². The summed E-state index contributed by atoms with van der Waals surface area (Å²) in [4.78, 5) is 24.0. The van der Waals surface area contributed by atoms with Crippen molar-refractivity contribution in [3.05, 3.63) is 29.8 Å². The van der Waals surface area contributed by atoms with Crippen LogP contribution in [0.3, 0.4) is 0 Å². The maximum Gasteiger partial charge on any atom is 0.460 e. The zero-order valence-corrected chi connectivity index (χ0v) is 17.9. The Bertz CT molecular complexity index is 1160. The molecule has 0 aliphatic heterocycles. The van der Waals surface area contributed by atoms with E-state index >= 15 is 0 Å². The molecule has 0 aliphatic carbocycles. The second kappa shape index (κ2) is 8.95. The van der Waals surface area contributed by atoms with Crippen LogP contribution >= 0.6 is 11.3 Å². The van der Waals surface area contributed by atoms with E-state index in [1.54, 1.807) is 0 Å². The molecule has 1 aromatic carbocycles. The summed E-state index contributed by atoms with van der Waals surface area (Å²) in [6, 6.07) is 4.99. The zero-order chi connectivity index (χ0) is 28.1. The first kappa shape index (κ1) is 29.4. The van der Waals surface area contributed by atoms with Gasteiger partial charge in [-0.2, -0.15) is 57.1 Å². The molecule has 0 saturated carbocycles. The van der Waals surface area contributed by atoms with E-state index in [4.69, 9.17) is 0 Å². The summed E-state index contributed by atoms with van der Waals surface area (Å²) in [5.41, 5.74) is -0.745. The van der Waals surface area contributed by atoms with Crippen LogP contribution < -0.4 is 5.32 Å². The molecule has 1 aromatic heterocycles. The third-order valence-corrected chi connectivity index (χ3v) is 5.61. The van der Waals surface area contributed by atoms with Crippen molar-refractivity contribution in [2.75, 3.05) is 11.9 Å². The van der Waals surface area contributed by atoms with Gasteiger partial charge in [-0.15, -0.1) is 11.3 Å². The third-order valence-electron chi connectivity index (χ3n) is 4.52. The number of carbonyl (C=O) groups is 2. The van der Waals surface area contributed by atoms with E-state index in [0.29, 0.717) is 0 Å². The minimum atomic E-state index is -8.14. The Balaban J connectivity index is 2.55. The minimum Gasteiger partial charge on any atom is -0.462 e. The van der Waals surface area contributed by atoms with Crippen molar-refractivity contribution in [2.24, 2.45) is 0 Å². The predicted octanol–water partition coefficient (Wildman–Crippen LogP) is 6.76. The molecule has 0 atom stereocenters. The van der Waals surface area contributed by atoms with Gasteiger partial charge in [0.2, 0.25) is 0 Å². The van der Waals surface area contributed by atoms with Gasteiger partial charge in [-0.1, -0.05) is 18.2 Å². The Morgan fingerprint density at radius 2 is 1.31 bits per heavy atom. The predicted molar refractivity (Wildman–Crippen MR) is 97.2 cm³/mol. The van der Waals surface area contributed by atoms with Gasteiger partial charge in [-0.3, -0.25) is 4.79 Å². The minimum absolute atomic E-state index is 0.0209. The lowest BCUT2D eigenvalue weighted by molar-refractivity contribution is -0.435. The first-order chi connectivity index (χ1) is 16.1. The summed E-state index contributed by atoms with van der Waals surface area (Å²) in [6.07, 6.45) is -7.57. The topological polar surface area (TPSA) is 55.4 Å². The molecule has 36 heavy (non-hydrogen) atoms. The van der Waals surface area contributed by atoms with Gasteiger partial charge in [0.15, 0.2) is 0 Å². The van der Waals surface area contributed by atoms with E-state index in [0.717, 1.165) is 11.4 Å². The second-order valence-corrected chi connectivity index (χ2v) is 7.90. The van der Waals surface area contributed by atoms with Crippen LogP contribution in [-0.4, -0.2) is 54.3 Å². The molecule has 0 bridgehead atoms. The average Bonchev–Trinajstić information content (AvgIpc) is 3.10. The molecule has 2 aromatic rings. The Morgan fingerprint density at radius 1 is 0.806 bits per heavy atom. The van der Waals surface area contributed by atoms with Crippen LogP contribution in [0.4, 0.5) is 62.1 Å². The van der Waals surface area contributed by atoms with Gasteiger partial charge in [-0.05, 0) is 13.0 Å². The molecule has 1 N–H and O–H groups in total. The van der Waals surface area contributed by atoms with Crippen molar-refractivity contribution in [3.8, 4) is 0 Å². The van der Waals surface area contributed by atoms with Crippen molar-refractivity contribution >= 4 is 38.3 Å². The van der Waals surface area contributed by atoms with Crippen molar-refractivity contribution in [3.63, 3.8) is 0 Å². The summed E-state index contributed by atoms with van der Waals surface area (Å²) in [5.74, 6) is -43.8. The fourth-order valence-corrected chi connectivity index (χ4v) is 3.72. The number of amides is 1. The molecular formula is C18H10F13NO3S. The number of hydrogen-bond acceptors (Lipinski definition) is 4. The summed E-state index contributed by atoms with van der Waals surface area (Å²) in [5, 5.41) is -0.201. The standard InChI is InChI=1S/C18H10F13NO3S/c1-2-35-11(33)9-7-5-3-4-6-8(7)36-10(9)32-12(34)13(19,20)14(21,22)15(23,24)16(25,26)17(27,28)18(29,30)31/h3-6H,2H2,1H3,(H,32,34). The molecule has 0 aliphatic rings. The van der Waals surface area contributed by atoms with E-state index in [1.807, 2.05) is 0 Å². The van der Waals surface area contributed by atoms with E-state index in [2.05, 4.69) is 4.74 Å². The van der Waals surface area contributed by atoms with Gasteiger partial charge < -0.3 is 10.1 Å². The smallest absolute Gasteiger partial charge is 0.460 e. The number of halogens is 13. The summed E-state index contributed by atoms with van der Waals surface area (Å²) in [6.45, 7) is 0.942. The van der Waals surface area contributed by atoms with Crippen molar-refractivity contribution in [1.82, 2.24) is 0 Å². The number of rotatable bonds is 8. The van der Waals surface area contributed by atoms with Crippen LogP contribution in [0.2, 0.25) is 0 Å². The zero-order valence-electron chi connectivity index (χ0n) is 17.1. The first-order valence-corrected chi connectivity index (χ1v) is 9.87. The van der Waals surface area contributed by atoms with Gasteiger partial charge >= 0.3 is 47.7 Å². The maximum atomic E-state index is 14.1. The van der Waals surface area contributed by atoms with Crippen LogP contribution in [0.5, 0.6) is 0 Å². The maximum absolute atomic E-state index is 14.1. The van der Waals surface area contributed by atoms with Crippen LogP contribution in [0.15, 0.2) is 24.3 Å². The van der Waals surface area contributed by atoms with Crippen molar-refractivity contribution < 1.29 is 71.4 Å². The Hall–Kier alpha value is -2.79. The van der Waals surface area contributed by atoms with Crippen LogP contribution in [-0.2, 0) is 9.53 Å². The fourth-order valence-electron chi connectivity index (χ4n) is 2.63. The lowest BCUT2D eigenvalue weighted by Gasteiger charge is -2.39. The average molecular weight is 567 g/mol. The van der Waals surface area contributed by atoms with E-state index in [1.165, 1.54) is 25.1 Å². The fraction of sp³-hybridized carbons (Fsp3) is 0.444. The molecule has 2 rings (SSSR count). The number of anilines is 1. The van der Waals surface area contributed by atoms with E-state index in [9.17, 15) is 66.7 Å². The molecule has 0 spiro atoms. The molecular weight excluding hydrogens is 557 g/mol. The molecule has 0 fully saturated rings. The van der Waals surface area contributed by atoms with Gasteiger partial charge in [-0.25, -0.2) is 4.79 Å². The third kappa shape index (κ3) is 4.21. The highest BCUT2D eigenvalue weighted by atomic mass is 32.1. The molecule has 18 heteroatoms. The van der Waals surface area contributed by atoms with Gasteiger partial charge in [0.25, 0.3) is 0 Å². The number of thiophene rings is 1. The van der Waals surface area contributed by atoms with Crippen molar-refractivity contribution in [2.45, 2.75) is 42.7 Å². The van der Waals surface area contributed by atoms with Crippen LogP contribution in [0.25, 0.3) is 10.1 Å². The highest BCUT2D eigenvalue weighted by Gasteiger charge is 2.91. The number of esters is 1. The highest BCUT2D eigenvalue weighted by molar-refractivity contribution is 7.23. The van der Waals surface area contributed by atoms with E-state index < -0.39 is 58.2 Å². The number of benzene rings is 1. The largest absolute Gasteiger partial charge is 0.462 e. The van der Waals surface area contributed by atoms with E-state index in [-0.39, 0.29) is 28.0 Å². The summed E-state index contributed by atoms with van der Waals surface area (Å²) in [7, 11) is 0. The van der Waals surface area contributed by atoms with Crippen LogP contribution in [0.1, 0.15) is 17.3 Å². The van der Waals surface area contributed by atoms with Crippen molar-refractivity contribution in [1.29, 1.82) is 0 Å². The van der Waals surface area contributed by atoms with Gasteiger partial charge in [0.1, 0.15) is 10.6 Å². The number of ether oxygens (including phenoxy) is 1. The second-order valence-electron chi connectivity index (χ2n) is 6.85. The Morgan fingerprint density at radius 3 is 1.81 bits per heavy atom. The van der Waals surface area contributed by atoms with Gasteiger partial charge in [0.05, 0.1) is 6.61 Å². The lowest BCUT2D eigenvalue weighted by atomic mass is 9.93. The molecule has 202 valence electrons.